The molecule has 0 aromatic rings. The Hall–Kier alpha value is -0.120. The van der Waals surface area contributed by atoms with Gasteiger partial charge in [-0.1, -0.05) is 20.8 Å². The van der Waals surface area contributed by atoms with Crippen molar-refractivity contribution >= 4 is 0 Å². The summed E-state index contributed by atoms with van der Waals surface area (Å²) < 4.78 is 11.4. The molecule has 2 fully saturated rings. The zero-order chi connectivity index (χ0) is 12.0. The summed E-state index contributed by atoms with van der Waals surface area (Å²) in [5.41, 5.74) is 0. The molecule has 96 valence electrons. The molecular weight excluding hydrogens is 202 g/mol. The average molecular weight is 229 g/mol. The van der Waals surface area contributed by atoms with Crippen LogP contribution < -0.4 is 0 Å². The second-order valence-corrected chi connectivity index (χ2v) is 4.41. The zero-order valence-corrected chi connectivity index (χ0v) is 11.3. The van der Waals surface area contributed by atoms with Crippen LogP contribution >= 0.6 is 0 Å². The molecule has 0 radical (unpaired) electrons. The van der Waals surface area contributed by atoms with Gasteiger partial charge in [-0.3, -0.25) is 0 Å². The molecule has 3 heteroatoms. The summed E-state index contributed by atoms with van der Waals surface area (Å²) in [5.74, 6) is -0.189. The first-order valence-electron chi connectivity index (χ1n) is 6.74. The van der Waals surface area contributed by atoms with Crippen molar-refractivity contribution in [2.24, 2.45) is 0 Å². The van der Waals surface area contributed by atoms with Crippen LogP contribution in [0, 0.1) is 0 Å². The second kappa shape index (κ2) is 6.58. The van der Waals surface area contributed by atoms with Gasteiger partial charge in [-0.25, -0.2) is 0 Å². The highest BCUT2D eigenvalue weighted by Gasteiger charge is 2.40. The van der Waals surface area contributed by atoms with E-state index in [-0.39, 0.29) is 5.79 Å². The summed E-state index contributed by atoms with van der Waals surface area (Å²) in [5, 5.41) is 0. The van der Waals surface area contributed by atoms with Crippen LogP contribution in [0.5, 0.6) is 0 Å². The number of hydrogen-bond donors (Lipinski definition) is 0. The molecule has 16 heavy (non-hydrogen) atoms. The third kappa shape index (κ3) is 3.19. The monoisotopic (exact) mass is 229 g/mol. The fraction of sp³-hybridized carbons (Fsp3) is 1.00. The standard InChI is InChI=1S/C11H21NO2.C2H6/c1-3-12(2)10-4-6-11(7-5-10)13-8-9-14-11;1-2/h10H,3-9H2,1-2H3;1-2H3. The normalized spacial score (nSPS) is 24.6. The largest absolute Gasteiger partial charge is 0.348 e. The van der Waals surface area contributed by atoms with E-state index >= 15 is 0 Å². The molecule has 0 bridgehead atoms. The summed E-state index contributed by atoms with van der Waals surface area (Å²) in [6, 6.07) is 0.735. The molecule has 3 nitrogen and oxygen atoms in total. The molecule has 0 aromatic carbocycles. The van der Waals surface area contributed by atoms with E-state index in [2.05, 4.69) is 18.9 Å². The minimum absolute atomic E-state index is 0.189. The summed E-state index contributed by atoms with van der Waals surface area (Å²) in [7, 11) is 2.21. The van der Waals surface area contributed by atoms with Crippen LogP contribution in [0.4, 0.5) is 0 Å². The van der Waals surface area contributed by atoms with Gasteiger partial charge in [0.1, 0.15) is 0 Å². The average Bonchev–Trinajstić information content (AvgIpc) is 2.80. The Balaban J connectivity index is 0.000000606. The van der Waals surface area contributed by atoms with Gasteiger partial charge in [0.2, 0.25) is 0 Å². The highest BCUT2D eigenvalue weighted by molar-refractivity contribution is 4.85. The number of rotatable bonds is 2. The van der Waals surface area contributed by atoms with E-state index in [1.54, 1.807) is 0 Å². The second-order valence-electron chi connectivity index (χ2n) is 4.41. The van der Waals surface area contributed by atoms with Gasteiger partial charge < -0.3 is 14.4 Å². The molecule has 0 atom stereocenters. The van der Waals surface area contributed by atoms with Gasteiger partial charge in [-0.2, -0.15) is 0 Å². The smallest absolute Gasteiger partial charge is 0.168 e. The predicted octanol–water partition coefficient (Wildman–Crippen LogP) is 2.65. The number of ether oxygens (including phenoxy) is 2. The van der Waals surface area contributed by atoms with Crippen molar-refractivity contribution in [1.82, 2.24) is 4.90 Å². The Morgan fingerprint density at radius 1 is 1.12 bits per heavy atom. The Morgan fingerprint density at radius 2 is 1.62 bits per heavy atom. The highest BCUT2D eigenvalue weighted by atomic mass is 16.7. The molecule has 0 aromatic heterocycles. The van der Waals surface area contributed by atoms with Crippen LogP contribution in [0.15, 0.2) is 0 Å². The molecule has 1 saturated carbocycles. The summed E-state index contributed by atoms with van der Waals surface area (Å²) in [6.07, 6.45) is 4.57. The molecule has 1 saturated heterocycles. The fourth-order valence-corrected chi connectivity index (χ4v) is 2.53. The van der Waals surface area contributed by atoms with Crippen molar-refractivity contribution in [3.63, 3.8) is 0 Å². The van der Waals surface area contributed by atoms with Gasteiger partial charge >= 0.3 is 0 Å². The van der Waals surface area contributed by atoms with Crippen molar-refractivity contribution < 1.29 is 9.47 Å². The Bertz CT molecular complexity index is 180. The van der Waals surface area contributed by atoms with Crippen LogP contribution in [0.2, 0.25) is 0 Å². The minimum atomic E-state index is -0.189. The Morgan fingerprint density at radius 3 is 2.06 bits per heavy atom. The van der Waals surface area contributed by atoms with Crippen molar-refractivity contribution in [1.29, 1.82) is 0 Å². The maximum Gasteiger partial charge on any atom is 0.168 e. The minimum Gasteiger partial charge on any atom is -0.348 e. The molecule has 1 aliphatic heterocycles. The SMILES string of the molecule is CC.CCN(C)C1CCC2(CC1)OCCO2. The van der Waals surface area contributed by atoms with E-state index < -0.39 is 0 Å². The lowest BCUT2D eigenvalue weighted by Gasteiger charge is -2.38. The zero-order valence-electron chi connectivity index (χ0n) is 11.3. The third-order valence-corrected chi connectivity index (χ3v) is 3.65. The van der Waals surface area contributed by atoms with Crippen LogP contribution in [-0.2, 0) is 9.47 Å². The topological polar surface area (TPSA) is 21.7 Å². The molecule has 1 aliphatic carbocycles. The molecule has 2 rings (SSSR count). The lowest BCUT2D eigenvalue weighted by atomic mass is 9.89. The molecular formula is C13H27NO2. The molecule has 0 N–H and O–H groups in total. The van der Waals surface area contributed by atoms with Crippen LogP contribution in [0.1, 0.15) is 46.5 Å². The summed E-state index contributed by atoms with van der Waals surface area (Å²) in [6.45, 7) is 8.93. The molecule has 0 amide bonds. The van der Waals surface area contributed by atoms with Crippen molar-refractivity contribution in [2.75, 3.05) is 26.8 Å². The third-order valence-electron chi connectivity index (χ3n) is 3.65. The van der Waals surface area contributed by atoms with Gasteiger partial charge in [-0.05, 0) is 26.4 Å². The van der Waals surface area contributed by atoms with Crippen molar-refractivity contribution in [3.8, 4) is 0 Å². The van der Waals surface area contributed by atoms with E-state index in [0.29, 0.717) is 0 Å². The number of hydrogen-bond acceptors (Lipinski definition) is 3. The van der Waals surface area contributed by atoms with E-state index in [1.807, 2.05) is 13.8 Å². The molecule has 1 spiro atoms. The molecule has 0 unspecified atom stereocenters. The maximum atomic E-state index is 5.70. The lowest BCUT2D eigenvalue weighted by molar-refractivity contribution is -0.183. The quantitative estimate of drug-likeness (QED) is 0.726. The van der Waals surface area contributed by atoms with Gasteiger partial charge in [0.15, 0.2) is 5.79 Å². The first-order valence-corrected chi connectivity index (χ1v) is 6.74. The lowest BCUT2D eigenvalue weighted by Crippen LogP contribution is -2.42. The predicted molar refractivity (Wildman–Crippen MR) is 66.5 cm³/mol. The van der Waals surface area contributed by atoms with Crippen LogP contribution in [0.3, 0.4) is 0 Å². The van der Waals surface area contributed by atoms with Gasteiger partial charge in [0.05, 0.1) is 13.2 Å². The first kappa shape index (κ1) is 13.9. The van der Waals surface area contributed by atoms with Gasteiger partial charge in [0, 0.05) is 18.9 Å². The Labute approximate surface area is 100 Å². The summed E-state index contributed by atoms with van der Waals surface area (Å²) in [4.78, 5) is 2.43. The van der Waals surface area contributed by atoms with E-state index in [0.717, 1.165) is 38.6 Å². The highest BCUT2D eigenvalue weighted by Crippen LogP contribution is 2.36. The van der Waals surface area contributed by atoms with Crippen LogP contribution in [0.25, 0.3) is 0 Å². The van der Waals surface area contributed by atoms with E-state index in [4.69, 9.17) is 9.47 Å². The number of nitrogens with zero attached hydrogens (tertiary/aromatic N) is 1. The van der Waals surface area contributed by atoms with Gasteiger partial charge in [-0.15, -0.1) is 0 Å². The van der Waals surface area contributed by atoms with E-state index in [1.165, 1.54) is 12.8 Å². The molecule has 2 aliphatic rings. The Kier molecular flexibility index (Phi) is 5.73. The van der Waals surface area contributed by atoms with Gasteiger partial charge in [0.25, 0.3) is 0 Å². The van der Waals surface area contributed by atoms with Crippen LogP contribution in [-0.4, -0.2) is 43.5 Å². The van der Waals surface area contributed by atoms with Crippen molar-refractivity contribution in [2.45, 2.75) is 58.3 Å². The van der Waals surface area contributed by atoms with Crippen molar-refractivity contribution in [3.05, 3.63) is 0 Å². The van der Waals surface area contributed by atoms with E-state index in [9.17, 15) is 0 Å². The first-order chi connectivity index (χ1) is 7.76. The summed E-state index contributed by atoms with van der Waals surface area (Å²) >= 11 is 0. The fourth-order valence-electron chi connectivity index (χ4n) is 2.53. The molecule has 1 heterocycles. The maximum absolute atomic E-state index is 5.70.